The third kappa shape index (κ3) is 5.25. The van der Waals surface area contributed by atoms with Crippen LogP contribution in [0.1, 0.15) is 12.5 Å². The van der Waals surface area contributed by atoms with E-state index >= 15 is 0 Å². The number of rotatable bonds is 7. The second kappa shape index (κ2) is 9.12. The highest BCUT2D eigenvalue weighted by Crippen LogP contribution is 2.29. The van der Waals surface area contributed by atoms with Crippen molar-refractivity contribution in [2.45, 2.75) is 11.8 Å². The van der Waals surface area contributed by atoms with Crippen LogP contribution in [0.5, 0.6) is 11.5 Å². The molecular weight excluding hydrogens is 460 g/mol. The molecule has 3 aromatic rings. The average Bonchev–Trinajstić information content (AvgIpc) is 2.73. The van der Waals surface area contributed by atoms with Crippen LogP contribution < -0.4 is 10.1 Å². The molecule has 0 aliphatic carbocycles. The van der Waals surface area contributed by atoms with E-state index in [-0.39, 0.29) is 33.5 Å². The van der Waals surface area contributed by atoms with Gasteiger partial charge in [0, 0.05) is 28.4 Å². The summed E-state index contributed by atoms with van der Waals surface area (Å²) in [7, 11) is -4.10. The second-order valence-electron chi connectivity index (χ2n) is 6.56. The molecule has 3 rings (SSSR count). The highest BCUT2D eigenvalue weighted by Gasteiger charge is 2.22. The van der Waals surface area contributed by atoms with Crippen LogP contribution >= 0.6 is 11.6 Å². The summed E-state index contributed by atoms with van der Waals surface area (Å²) >= 11 is 5.78. The first-order valence-electron chi connectivity index (χ1n) is 8.96. The van der Waals surface area contributed by atoms with Crippen LogP contribution in [-0.4, -0.2) is 29.3 Å². The summed E-state index contributed by atoms with van der Waals surface area (Å²) in [4.78, 5) is 10.5. The van der Waals surface area contributed by atoms with E-state index in [4.69, 9.17) is 11.6 Å². The summed E-state index contributed by atoms with van der Waals surface area (Å²) < 4.78 is 27.6. The van der Waals surface area contributed by atoms with Crippen molar-refractivity contribution in [3.05, 3.63) is 81.4 Å². The van der Waals surface area contributed by atoms with Gasteiger partial charge in [0.2, 0.25) is 0 Å². The number of nitro benzene ring substituents is 1. The molecule has 3 aromatic carbocycles. The molecule has 0 aliphatic rings. The normalized spacial score (nSPS) is 11.8. The van der Waals surface area contributed by atoms with E-state index in [1.807, 2.05) is 0 Å². The Labute approximate surface area is 188 Å². The van der Waals surface area contributed by atoms with Crippen LogP contribution in [0.3, 0.4) is 0 Å². The van der Waals surface area contributed by atoms with Crippen molar-refractivity contribution < 1.29 is 23.6 Å². The third-order valence-electron chi connectivity index (χ3n) is 4.29. The van der Waals surface area contributed by atoms with Gasteiger partial charge in [0.05, 0.1) is 15.5 Å². The van der Waals surface area contributed by atoms with E-state index < -0.39 is 20.6 Å². The zero-order valence-electron chi connectivity index (χ0n) is 16.5. The summed E-state index contributed by atoms with van der Waals surface area (Å²) in [5, 5.41) is 35.2. The number of benzene rings is 3. The van der Waals surface area contributed by atoms with Gasteiger partial charge in [0.1, 0.15) is 17.2 Å². The number of nitrogens with one attached hydrogen (secondary N) is 2. The monoisotopic (exact) mass is 476 g/mol. The topological polar surface area (TPSA) is 154 Å². The van der Waals surface area contributed by atoms with Crippen LogP contribution in [0.2, 0.25) is 5.02 Å². The quantitative estimate of drug-likeness (QED) is 0.225. The number of nitro groups is 1. The predicted octanol–water partition coefficient (Wildman–Crippen LogP) is 4.30. The van der Waals surface area contributed by atoms with E-state index in [9.17, 15) is 28.7 Å². The van der Waals surface area contributed by atoms with E-state index in [1.54, 1.807) is 6.92 Å². The van der Waals surface area contributed by atoms with Gasteiger partial charge in [0.25, 0.3) is 15.7 Å². The fourth-order valence-electron chi connectivity index (χ4n) is 2.69. The minimum atomic E-state index is -4.10. The lowest BCUT2D eigenvalue weighted by molar-refractivity contribution is -0.384. The fraction of sp³-hybridized carbons (Fsp3) is 0.0500. The van der Waals surface area contributed by atoms with Gasteiger partial charge in [-0.15, -0.1) is 0 Å². The summed E-state index contributed by atoms with van der Waals surface area (Å²) in [6.07, 6.45) is 0. The van der Waals surface area contributed by atoms with Crippen molar-refractivity contribution in [1.82, 2.24) is 0 Å². The molecule has 4 N–H and O–H groups in total. The molecule has 32 heavy (non-hydrogen) atoms. The number of phenolic OH excluding ortho intramolecular Hbond substituents is 2. The van der Waals surface area contributed by atoms with Crippen LogP contribution in [0.15, 0.2) is 70.7 Å². The molecule has 0 unspecified atom stereocenters. The Hall–Kier alpha value is -3.83. The number of nitrogens with zero attached hydrogens (tertiary/aromatic N) is 2. The molecule has 10 nitrogen and oxygen atoms in total. The van der Waals surface area contributed by atoms with E-state index in [2.05, 4.69) is 15.2 Å². The molecule has 0 aromatic heterocycles. The van der Waals surface area contributed by atoms with Crippen LogP contribution in [-0.2, 0) is 10.0 Å². The maximum Gasteiger partial charge on any atom is 0.295 e. The lowest BCUT2D eigenvalue weighted by Crippen LogP contribution is -2.13. The smallest absolute Gasteiger partial charge is 0.295 e. The lowest BCUT2D eigenvalue weighted by atomic mass is 10.1. The Morgan fingerprint density at radius 2 is 1.75 bits per heavy atom. The number of phenols is 2. The van der Waals surface area contributed by atoms with Crippen molar-refractivity contribution in [3.8, 4) is 11.5 Å². The van der Waals surface area contributed by atoms with Gasteiger partial charge in [0.15, 0.2) is 0 Å². The van der Waals surface area contributed by atoms with Gasteiger partial charge in [-0.1, -0.05) is 11.6 Å². The Bertz CT molecular complexity index is 1310. The van der Waals surface area contributed by atoms with E-state index in [0.29, 0.717) is 10.6 Å². The zero-order valence-corrected chi connectivity index (χ0v) is 18.1. The maximum absolute atomic E-state index is 12.6. The van der Waals surface area contributed by atoms with Crippen molar-refractivity contribution in [2.24, 2.45) is 5.10 Å². The number of hydrogen-bond donors (Lipinski definition) is 4. The molecule has 166 valence electrons. The maximum atomic E-state index is 12.6. The first-order chi connectivity index (χ1) is 15.1. The van der Waals surface area contributed by atoms with Gasteiger partial charge in [-0.25, -0.2) is 8.42 Å². The highest BCUT2D eigenvalue weighted by molar-refractivity contribution is 7.92. The second-order valence-corrected chi connectivity index (χ2v) is 8.68. The summed E-state index contributed by atoms with van der Waals surface area (Å²) in [6, 6.07) is 13.1. The minimum absolute atomic E-state index is 0.0574. The van der Waals surface area contributed by atoms with Crippen molar-refractivity contribution in [2.75, 3.05) is 10.1 Å². The molecule has 12 heteroatoms. The van der Waals surface area contributed by atoms with E-state index in [1.165, 1.54) is 48.5 Å². The molecule has 0 fully saturated rings. The van der Waals surface area contributed by atoms with Gasteiger partial charge in [-0.3, -0.25) is 20.3 Å². The molecule has 0 saturated carbocycles. The number of aromatic hydroxyl groups is 2. The number of anilines is 2. The number of halogens is 1. The molecule has 0 heterocycles. The molecule has 0 radical (unpaired) electrons. The van der Waals surface area contributed by atoms with Crippen LogP contribution in [0.25, 0.3) is 0 Å². The molecule has 0 spiro atoms. The van der Waals surface area contributed by atoms with Crippen molar-refractivity contribution >= 4 is 44.4 Å². The fourth-order valence-corrected chi connectivity index (χ4v) is 3.89. The van der Waals surface area contributed by atoms with Gasteiger partial charge in [-0.05, 0) is 55.5 Å². The third-order valence-corrected chi connectivity index (χ3v) is 5.92. The van der Waals surface area contributed by atoms with Gasteiger partial charge < -0.3 is 10.2 Å². The molecule has 0 atom stereocenters. The Morgan fingerprint density at radius 1 is 1.06 bits per heavy atom. The SMILES string of the molecule is C/C(=N\Nc1ccc(S(=O)(=O)Nc2ccc(Cl)cc2)cc1[N+](=O)[O-])c1ccc(O)cc1O. The standard InChI is InChI=1S/C20H17ClN4O6S/c1-12(17-8-6-15(26)10-20(17)27)22-23-18-9-7-16(11-19(18)25(28)29)32(30,31)24-14-4-2-13(21)3-5-14/h2-11,23-24,26-27H,1H3/b22-12+. The molecule has 0 saturated heterocycles. The molecule has 0 bridgehead atoms. The van der Waals surface area contributed by atoms with Crippen LogP contribution in [0.4, 0.5) is 17.1 Å². The van der Waals surface area contributed by atoms with Gasteiger partial charge >= 0.3 is 0 Å². The van der Waals surface area contributed by atoms with E-state index in [0.717, 1.165) is 12.1 Å². The number of hydrazone groups is 1. The van der Waals surface area contributed by atoms with Crippen LogP contribution in [0, 0.1) is 10.1 Å². The first kappa shape index (κ1) is 22.8. The molecular formula is C20H17ClN4O6S. The molecule has 0 aliphatic heterocycles. The highest BCUT2D eigenvalue weighted by atomic mass is 35.5. The predicted molar refractivity (Wildman–Crippen MR) is 121 cm³/mol. The number of sulfonamides is 1. The first-order valence-corrected chi connectivity index (χ1v) is 10.8. The van der Waals surface area contributed by atoms with Gasteiger partial charge in [-0.2, -0.15) is 5.10 Å². The largest absolute Gasteiger partial charge is 0.508 e. The Balaban J connectivity index is 1.89. The summed E-state index contributed by atoms with van der Waals surface area (Å²) in [5.74, 6) is -0.357. The number of hydrogen-bond acceptors (Lipinski definition) is 8. The molecule has 0 amide bonds. The average molecular weight is 477 g/mol. The van der Waals surface area contributed by atoms with Crippen molar-refractivity contribution in [1.29, 1.82) is 0 Å². The lowest BCUT2D eigenvalue weighted by Gasteiger charge is -2.10. The van der Waals surface area contributed by atoms with Crippen molar-refractivity contribution in [3.63, 3.8) is 0 Å². The zero-order chi connectivity index (χ0) is 23.5. The summed E-state index contributed by atoms with van der Waals surface area (Å²) in [5.41, 5.74) is 2.75. The minimum Gasteiger partial charge on any atom is -0.508 e. The Morgan fingerprint density at radius 3 is 2.38 bits per heavy atom. The Kier molecular flexibility index (Phi) is 6.51. The summed E-state index contributed by atoms with van der Waals surface area (Å²) in [6.45, 7) is 1.54.